The highest BCUT2D eigenvalue weighted by Crippen LogP contribution is 2.39. The number of amides is 1. The number of benzene rings is 1. The smallest absolute Gasteiger partial charge is 0.268 e. The first-order valence-electron chi connectivity index (χ1n) is 8.57. The van der Waals surface area contributed by atoms with Crippen LogP contribution in [0.4, 0.5) is 5.69 Å². The highest BCUT2D eigenvalue weighted by molar-refractivity contribution is 7.12. The molecule has 0 saturated carbocycles. The van der Waals surface area contributed by atoms with Crippen molar-refractivity contribution in [3.63, 3.8) is 0 Å². The Balaban J connectivity index is 1.74. The molecule has 0 saturated heterocycles. The van der Waals surface area contributed by atoms with Crippen LogP contribution in [0.1, 0.15) is 26.5 Å². The van der Waals surface area contributed by atoms with Crippen LogP contribution < -0.4 is 9.64 Å². The summed E-state index contributed by atoms with van der Waals surface area (Å²) in [5.41, 5.74) is 2.43. The molecule has 7 heteroatoms. The average Bonchev–Trinajstić information content (AvgIpc) is 3.28. The van der Waals surface area contributed by atoms with Gasteiger partial charge in [0.05, 0.1) is 27.8 Å². The van der Waals surface area contributed by atoms with Gasteiger partial charge in [-0.25, -0.2) is 4.98 Å². The standard InChI is InChI=1S/C20H18N2O3S2/c1-11-20(24)22(10-16(23)18-5-4-8-26-18)15-9-14(6-7-17(15)25-11)19-12(2)27-13(3)21-19/h4-9,11H,10H2,1-3H3. The molecule has 1 aliphatic rings. The lowest BCUT2D eigenvalue weighted by Crippen LogP contribution is -2.46. The Bertz CT molecular complexity index is 1020. The summed E-state index contributed by atoms with van der Waals surface area (Å²) >= 11 is 3.02. The molecule has 3 heterocycles. The number of fused-ring (bicyclic) bond motifs is 1. The first-order valence-corrected chi connectivity index (χ1v) is 10.3. The number of anilines is 1. The minimum Gasteiger partial charge on any atom is -0.479 e. The summed E-state index contributed by atoms with van der Waals surface area (Å²) in [6.45, 7) is 5.70. The average molecular weight is 399 g/mol. The largest absolute Gasteiger partial charge is 0.479 e. The summed E-state index contributed by atoms with van der Waals surface area (Å²) < 4.78 is 5.76. The molecule has 0 bridgehead atoms. The molecule has 0 fully saturated rings. The molecule has 1 atom stereocenters. The number of aromatic nitrogens is 1. The molecule has 5 nitrogen and oxygen atoms in total. The van der Waals surface area contributed by atoms with Crippen molar-refractivity contribution in [1.29, 1.82) is 0 Å². The third-order valence-electron chi connectivity index (χ3n) is 4.44. The van der Waals surface area contributed by atoms with E-state index in [4.69, 9.17) is 4.74 Å². The van der Waals surface area contributed by atoms with Gasteiger partial charge in [0.2, 0.25) is 0 Å². The molecule has 0 spiro atoms. The molecule has 0 aliphatic carbocycles. The summed E-state index contributed by atoms with van der Waals surface area (Å²) in [6, 6.07) is 9.30. The Labute approximate surface area is 165 Å². The van der Waals surface area contributed by atoms with Crippen LogP contribution in [0.15, 0.2) is 35.7 Å². The molecule has 4 rings (SSSR count). The van der Waals surface area contributed by atoms with Gasteiger partial charge in [-0.1, -0.05) is 6.07 Å². The van der Waals surface area contributed by atoms with E-state index in [1.807, 2.05) is 43.5 Å². The van der Waals surface area contributed by atoms with Crippen molar-refractivity contribution in [3.8, 4) is 17.0 Å². The number of aryl methyl sites for hydroxylation is 2. The summed E-state index contributed by atoms with van der Waals surface area (Å²) in [7, 11) is 0. The van der Waals surface area contributed by atoms with Crippen LogP contribution in [0.3, 0.4) is 0 Å². The fourth-order valence-electron chi connectivity index (χ4n) is 3.17. The fourth-order valence-corrected chi connectivity index (χ4v) is 4.67. The Hall–Kier alpha value is -2.51. The number of hydrogen-bond donors (Lipinski definition) is 0. The molecular weight excluding hydrogens is 380 g/mol. The van der Waals surface area contributed by atoms with E-state index in [1.54, 1.807) is 24.3 Å². The van der Waals surface area contributed by atoms with Crippen LogP contribution >= 0.6 is 22.7 Å². The molecular formula is C20H18N2O3S2. The third kappa shape index (κ3) is 3.28. The van der Waals surface area contributed by atoms with E-state index in [0.717, 1.165) is 21.1 Å². The number of ether oxygens (including phenoxy) is 1. The fraction of sp³-hybridized carbons (Fsp3) is 0.250. The van der Waals surface area contributed by atoms with E-state index < -0.39 is 6.10 Å². The zero-order chi connectivity index (χ0) is 19.1. The van der Waals surface area contributed by atoms with Crippen molar-refractivity contribution in [3.05, 3.63) is 50.5 Å². The van der Waals surface area contributed by atoms with Crippen LogP contribution in [0, 0.1) is 13.8 Å². The first-order chi connectivity index (χ1) is 12.9. The second-order valence-corrected chi connectivity index (χ2v) is 8.76. The van der Waals surface area contributed by atoms with Gasteiger partial charge in [0.1, 0.15) is 5.75 Å². The SMILES string of the molecule is Cc1nc(-c2ccc3c(c2)N(CC(=O)c2cccs2)C(=O)C(C)O3)c(C)s1. The van der Waals surface area contributed by atoms with Crippen LogP contribution in [0.2, 0.25) is 0 Å². The number of Topliss-reactive ketones (excluding diaryl/α,β-unsaturated/α-hetero) is 1. The Morgan fingerprint density at radius 2 is 2.11 bits per heavy atom. The van der Waals surface area contributed by atoms with Gasteiger partial charge in [-0.15, -0.1) is 22.7 Å². The predicted molar refractivity (Wildman–Crippen MR) is 108 cm³/mol. The predicted octanol–water partition coefficient (Wildman–Crippen LogP) is 4.49. The van der Waals surface area contributed by atoms with E-state index in [1.165, 1.54) is 16.2 Å². The number of hydrogen-bond acceptors (Lipinski definition) is 6. The molecule has 2 aromatic heterocycles. The molecule has 0 radical (unpaired) electrons. The minimum atomic E-state index is -0.622. The van der Waals surface area contributed by atoms with E-state index in [9.17, 15) is 9.59 Å². The number of carbonyl (C=O) groups excluding carboxylic acids is 2. The van der Waals surface area contributed by atoms with Gasteiger partial charge in [-0.2, -0.15) is 0 Å². The van der Waals surface area contributed by atoms with Gasteiger partial charge in [0.15, 0.2) is 11.9 Å². The summed E-state index contributed by atoms with van der Waals surface area (Å²) in [4.78, 5) is 33.3. The maximum atomic E-state index is 12.8. The molecule has 138 valence electrons. The van der Waals surface area contributed by atoms with Crippen LogP contribution in [0.5, 0.6) is 5.75 Å². The lowest BCUT2D eigenvalue weighted by Gasteiger charge is -2.32. The van der Waals surface area contributed by atoms with Crippen molar-refractivity contribution < 1.29 is 14.3 Å². The highest BCUT2D eigenvalue weighted by Gasteiger charge is 2.33. The van der Waals surface area contributed by atoms with Gasteiger partial charge >= 0.3 is 0 Å². The Morgan fingerprint density at radius 1 is 1.30 bits per heavy atom. The number of ketones is 1. The van der Waals surface area contributed by atoms with E-state index in [0.29, 0.717) is 16.3 Å². The minimum absolute atomic E-state index is 0.00141. The van der Waals surface area contributed by atoms with Gasteiger partial charge in [0.25, 0.3) is 5.91 Å². The van der Waals surface area contributed by atoms with Gasteiger partial charge in [0, 0.05) is 10.4 Å². The Morgan fingerprint density at radius 3 is 2.78 bits per heavy atom. The third-order valence-corrected chi connectivity index (χ3v) is 6.24. The molecule has 1 aromatic carbocycles. The normalized spacial score (nSPS) is 16.2. The summed E-state index contributed by atoms with van der Waals surface area (Å²) in [5.74, 6) is 0.314. The molecule has 1 aliphatic heterocycles. The number of carbonyl (C=O) groups is 2. The quantitative estimate of drug-likeness (QED) is 0.608. The zero-order valence-electron chi connectivity index (χ0n) is 15.2. The number of thiazole rings is 1. The van der Waals surface area contributed by atoms with E-state index in [2.05, 4.69) is 4.98 Å². The number of rotatable bonds is 4. The molecule has 1 unspecified atom stereocenters. The molecule has 27 heavy (non-hydrogen) atoms. The lowest BCUT2D eigenvalue weighted by molar-refractivity contribution is -0.125. The van der Waals surface area contributed by atoms with Crippen molar-refractivity contribution in [2.24, 2.45) is 0 Å². The van der Waals surface area contributed by atoms with Gasteiger partial charge < -0.3 is 4.74 Å². The van der Waals surface area contributed by atoms with E-state index >= 15 is 0 Å². The second-order valence-electron chi connectivity index (χ2n) is 6.41. The second kappa shape index (κ2) is 6.90. The van der Waals surface area contributed by atoms with Crippen molar-refractivity contribution in [2.45, 2.75) is 26.9 Å². The number of thiophene rings is 1. The van der Waals surface area contributed by atoms with Crippen molar-refractivity contribution in [2.75, 3.05) is 11.4 Å². The van der Waals surface area contributed by atoms with Gasteiger partial charge in [-0.05, 0) is 50.4 Å². The van der Waals surface area contributed by atoms with Crippen LogP contribution in [-0.4, -0.2) is 29.3 Å². The Kier molecular flexibility index (Phi) is 4.57. The van der Waals surface area contributed by atoms with Crippen LogP contribution in [-0.2, 0) is 4.79 Å². The zero-order valence-corrected chi connectivity index (χ0v) is 16.8. The molecule has 3 aromatic rings. The highest BCUT2D eigenvalue weighted by atomic mass is 32.1. The monoisotopic (exact) mass is 398 g/mol. The summed E-state index contributed by atoms with van der Waals surface area (Å²) in [6.07, 6.45) is -0.622. The van der Waals surface area contributed by atoms with Crippen LogP contribution in [0.25, 0.3) is 11.3 Å². The molecule has 1 amide bonds. The topological polar surface area (TPSA) is 59.5 Å². The van der Waals surface area contributed by atoms with Crippen molar-refractivity contribution >= 4 is 40.1 Å². The van der Waals surface area contributed by atoms with Gasteiger partial charge in [-0.3, -0.25) is 14.5 Å². The summed E-state index contributed by atoms with van der Waals surface area (Å²) in [5, 5.41) is 2.85. The maximum Gasteiger partial charge on any atom is 0.268 e. The lowest BCUT2D eigenvalue weighted by atomic mass is 10.1. The first kappa shape index (κ1) is 17.9. The number of nitrogens with zero attached hydrogens (tertiary/aromatic N) is 2. The molecule has 0 N–H and O–H groups in total. The maximum absolute atomic E-state index is 12.8. The van der Waals surface area contributed by atoms with Crippen molar-refractivity contribution in [1.82, 2.24) is 4.98 Å². The van der Waals surface area contributed by atoms with E-state index in [-0.39, 0.29) is 18.2 Å².